The smallest absolute Gasteiger partial charge is 0.225 e. The first-order chi connectivity index (χ1) is 10.7. The molecule has 0 spiro atoms. The van der Waals surface area contributed by atoms with E-state index in [-0.39, 0.29) is 0 Å². The van der Waals surface area contributed by atoms with Crippen LogP contribution in [0.25, 0.3) is 0 Å². The third-order valence-corrected chi connectivity index (χ3v) is 4.43. The Hall–Kier alpha value is -1.95. The molecule has 3 heterocycles. The number of piperazine rings is 1. The summed E-state index contributed by atoms with van der Waals surface area (Å²) in [5.41, 5.74) is 0. The van der Waals surface area contributed by atoms with Gasteiger partial charge in [0.1, 0.15) is 0 Å². The Kier molecular flexibility index (Phi) is 4.68. The summed E-state index contributed by atoms with van der Waals surface area (Å²) in [6.07, 6.45) is 8.62. The molecule has 2 aromatic rings. The maximum Gasteiger partial charge on any atom is 0.225 e. The summed E-state index contributed by atoms with van der Waals surface area (Å²) in [5, 5.41) is 4.34. The molecule has 1 aliphatic heterocycles. The van der Waals surface area contributed by atoms with E-state index >= 15 is 0 Å². The van der Waals surface area contributed by atoms with Gasteiger partial charge in [-0.3, -0.25) is 9.58 Å². The van der Waals surface area contributed by atoms with Gasteiger partial charge in [0.05, 0.1) is 6.04 Å². The van der Waals surface area contributed by atoms with Crippen LogP contribution in [0.4, 0.5) is 5.95 Å². The monoisotopic (exact) mass is 300 g/mol. The van der Waals surface area contributed by atoms with Crippen LogP contribution in [0.1, 0.15) is 26.3 Å². The van der Waals surface area contributed by atoms with Crippen LogP contribution >= 0.6 is 0 Å². The molecule has 6 heteroatoms. The maximum atomic E-state index is 4.34. The van der Waals surface area contributed by atoms with Crippen molar-refractivity contribution in [2.24, 2.45) is 0 Å². The van der Waals surface area contributed by atoms with Crippen LogP contribution in [0.3, 0.4) is 0 Å². The third-order valence-electron chi connectivity index (χ3n) is 4.43. The number of hydrogen-bond acceptors (Lipinski definition) is 5. The zero-order valence-corrected chi connectivity index (χ0v) is 13.3. The van der Waals surface area contributed by atoms with E-state index in [1.165, 1.54) is 0 Å². The molecule has 1 fully saturated rings. The molecule has 2 unspecified atom stereocenters. The normalized spacial score (nSPS) is 19.1. The first kappa shape index (κ1) is 15.0. The first-order valence-electron chi connectivity index (χ1n) is 7.99. The molecule has 0 radical (unpaired) electrons. The highest BCUT2D eigenvalue weighted by Crippen LogP contribution is 2.18. The predicted molar refractivity (Wildman–Crippen MR) is 86.8 cm³/mol. The van der Waals surface area contributed by atoms with E-state index < -0.39 is 0 Å². The van der Waals surface area contributed by atoms with Crippen LogP contribution in [0, 0.1) is 0 Å². The zero-order valence-electron chi connectivity index (χ0n) is 13.3. The molecule has 2 atom stereocenters. The summed E-state index contributed by atoms with van der Waals surface area (Å²) in [5.74, 6) is 0.847. The van der Waals surface area contributed by atoms with E-state index in [9.17, 15) is 0 Å². The van der Waals surface area contributed by atoms with Gasteiger partial charge in [-0.15, -0.1) is 0 Å². The van der Waals surface area contributed by atoms with Gasteiger partial charge in [-0.25, -0.2) is 9.97 Å². The number of nitrogens with zero attached hydrogens (tertiary/aromatic N) is 6. The largest absolute Gasteiger partial charge is 0.338 e. The van der Waals surface area contributed by atoms with Crippen molar-refractivity contribution >= 4 is 5.95 Å². The lowest BCUT2D eigenvalue weighted by atomic mass is 10.1. The van der Waals surface area contributed by atoms with Gasteiger partial charge in [-0.05, 0) is 32.4 Å². The molecule has 1 aliphatic rings. The minimum Gasteiger partial charge on any atom is -0.338 e. The molecule has 0 amide bonds. The highest BCUT2D eigenvalue weighted by Gasteiger charge is 2.23. The second-order valence-electron chi connectivity index (χ2n) is 5.99. The van der Waals surface area contributed by atoms with E-state index in [1.807, 2.05) is 41.6 Å². The molecule has 0 bridgehead atoms. The summed E-state index contributed by atoms with van der Waals surface area (Å²) in [6, 6.07) is 4.83. The minimum atomic E-state index is 0.431. The molecule has 2 aromatic heterocycles. The zero-order chi connectivity index (χ0) is 15.4. The van der Waals surface area contributed by atoms with E-state index in [4.69, 9.17) is 0 Å². The Bertz CT molecular complexity index is 547. The first-order valence-corrected chi connectivity index (χ1v) is 7.99. The second-order valence-corrected chi connectivity index (χ2v) is 5.99. The summed E-state index contributed by atoms with van der Waals surface area (Å²) in [6.45, 7) is 8.65. The Morgan fingerprint density at radius 1 is 0.955 bits per heavy atom. The lowest BCUT2D eigenvalue weighted by Crippen LogP contribution is -2.50. The van der Waals surface area contributed by atoms with E-state index in [1.54, 1.807) is 0 Å². The van der Waals surface area contributed by atoms with Crippen LogP contribution in [0.5, 0.6) is 0 Å². The molecule has 0 saturated carbocycles. The van der Waals surface area contributed by atoms with Crippen LogP contribution < -0.4 is 4.90 Å². The summed E-state index contributed by atoms with van der Waals surface area (Å²) in [4.78, 5) is 13.5. The van der Waals surface area contributed by atoms with Crippen LogP contribution in [0.15, 0.2) is 36.9 Å². The summed E-state index contributed by atoms with van der Waals surface area (Å²) >= 11 is 0. The van der Waals surface area contributed by atoms with Gasteiger partial charge in [0.25, 0.3) is 0 Å². The van der Waals surface area contributed by atoms with Gasteiger partial charge in [0, 0.05) is 57.0 Å². The lowest BCUT2D eigenvalue weighted by Gasteiger charge is -2.38. The van der Waals surface area contributed by atoms with Crippen LogP contribution in [-0.4, -0.2) is 56.9 Å². The maximum absolute atomic E-state index is 4.34. The minimum absolute atomic E-state index is 0.431. The summed E-state index contributed by atoms with van der Waals surface area (Å²) < 4.78 is 2.05. The Balaban J connectivity index is 1.50. The van der Waals surface area contributed by atoms with E-state index in [2.05, 4.69) is 38.7 Å². The second kappa shape index (κ2) is 6.87. The Labute approximate surface area is 131 Å². The number of aromatic nitrogens is 4. The van der Waals surface area contributed by atoms with Gasteiger partial charge in [-0.2, -0.15) is 5.10 Å². The van der Waals surface area contributed by atoms with E-state index in [0.717, 1.165) is 38.5 Å². The van der Waals surface area contributed by atoms with Crippen LogP contribution in [0.2, 0.25) is 0 Å². The molecule has 3 rings (SSSR count). The van der Waals surface area contributed by atoms with Crippen molar-refractivity contribution < 1.29 is 0 Å². The number of anilines is 1. The standard InChI is InChI=1S/C16H24N6/c1-14(13-15(2)22-8-4-7-19-22)20-9-11-21(12-10-20)16-17-5-3-6-18-16/h3-8,14-15H,9-13H2,1-2H3. The fourth-order valence-corrected chi connectivity index (χ4v) is 3.11. The Morgan fingerprint density at radius 3 is 2.32 bits per heavy atom. The third kappa shape index (κ3) is 3.44. The molecule has 0 N–H and O–H groups in total. The molecular formula is C16H24N6. The van der Waals surface area contributed by atoms with Gasteiger partial charge in [0.15, 0.2) is 0 Å². The fourth-order valence-electron chi connectivity index (χ4n) is 3.11. The van der Waals surface area contributed by atoms with Crippen molar-refractivity contribution in [2.75, 3.05) is 31.1 Å². The van der Waals surface area contributed by atoms with Crippen molar-refractivity contribution in [3.05, 3.63) is 36.9 Å². The quantitative estimate of drug-likeness (QED) is 0.843. The number of hydrogen-bond donors (Lipinski definition) is 0. The number of rotatable bonds is 5. The van der Waals surface area contributed by atoms with Gasteiger partial charge < -0.3 is 4.90 Å². The lowest BCUT2D eigenvalue weighted by molar-refractivity contribution is 0.171. The highest BCUT2D eigenvalue weighted by atomic mass is 15.3. The molecule has 118 valence electrons. The predicted octanol–water partition coefficient (Wildman–Crippen LogP) is 1.83. The fraction of sp³-hybridized carbons (Fsp3) is 0.562. The molecule has 0 aliphatic carbocycles. The van der Waals surface area contributed by atoms with Crippen molar-refractivity contribution in [1.82, 2.24) is 24.6 Å². The SMILES string of the molecule is CC(CC(C)n1cccn1)N1CCN(c2ncccn2)CC1. The van der Waals surface area contributed by atoms with Crippen molar-refractivity contribution in [3.8, 4) is 0 Å². The average Bonchev–Trinajstić information content (AvgIpc) is 3.10. The average molecular weight is 300 g/mol. The molecule has 0 aromatic carbocycles. The molecule has 22 heavy (non-hydrogen) atoms. The van der Waals surface area contributed by atoms with E-state index in [0.29, 0.717) is 12.1 Å². The highest BCUT2D eigenvalue weighted by molar-refractivity contribution is 5.29. The molecular weight excluding hydrogens is 276 g/mol. The van der Waals surface area contributed by atoms with Crippen molar-refractivity contribution in [3.63, 3.8) is 0 Å². The molecule has 6 nitrogen and oxygen atoms in total. The van der Waals surface area contributed by atoms with Gasteiger partial charge in [0.2, 0.25) is 5.95 Å². The van der Waals surface area contributed by atoms with Gasteiger partial charge >= 0.3 is 0 Å². The summed E-state index contributed by atoms with van der Waals surface area (Å²) in [7, 11) is 0. The van der Waals surface area contributed by atoms with Crippen molar-refractivity contribution in [1.29, 1.82) is 0 Å². The topological polar surface area (TPSA) is 50.1 Å². The Morgan fingerprint density at radius 2 is 1.68 bits per heavy atom. The van der Waals surface area contributed by atoms with Gasteiger partial charge in [-0.1, -0.05) is 0 Å². The van der Waals surface area contributed by atoms with Crippen molar-refractivity contribution in [2.45, 2.75) is 32.4 Å². The molecule has 1 saturated heterocycles. The van der Waals surface area contributed by atoms with Crippen LogP contribution in [-0.2, 0) is 0 Å².